The molecule has 7 heteroatoms. The van der Waals surface area contributed by atoms with Gasteiger partial charge in [0.05, 0.1) is 10.5 Å². The average molecular weight is 434 g/mol. The molecule has 0 aromatic heterocycles. The van der Waals surface area contributed by atoms with E-state index in [-0.39, 0.29) is 10.8 Å². The summed E-state index contributed by atoms with van der Waals surface area (Å²) in [7, 11) is -3.57. The molecule has 1 amide bonds. The number of rotatable bonds is 4. The summed E-state index contributed by atoms with van der Waals surface area (Å²) in [6, 6.07) is 5.23. The lowest BCUT2D eigenvalue weighted by Gasteiger charge is -2.36. The van der Waals surface area contributed by atoms with Crippen LogP contribution in [0.2, 0.25) is 0 Å². The van der Waals surface area contributed by atoms with Crippen LogP contribution in [0.3, 0.4) is 0 Å². The van der Waals surface area contributed by atoms with Crippen LogP contribution in [-0.2, 0) is 10.0 Å². The highest BCUT2D eigenvalue weighted by Crippen LogP contribution is 2.32. The van der Waals surface area contributed by atoms with Gasteiger partial charge in [0.2, 0.25) is 10.0 Å². The van der Waals surface area contributed by atoms with E-state index in [9.17, 15) is 13.2 Å². The third-order valence-corrected chi connectivity index (χ3v) is 8.65. The van der Waals surface area contributed by atoms with Crippen molar-refractivity contribution in [2.24, 2.45) is 11.8 Å². The van der Waals surface area contributed by atoms with E-state index in [4.69, 9.17) is 0 Å². The number of hydrogen-bond donors (Lipinski definition) is 0. The molecule has 2 atom stereocenters. The quantitative estimate of drug-likeness (QED) is 0.728. The number of carbonyl (C=O) groups excluding carboxylic acids is 1. The third kappa shape index (κ3) is 4.37. The molecule has 3 aliphatic rings. The SMILES string of the molecule is CC1CC(C)CN(C(=O)c2cc(S(=O)(=O)N3CCCCC3)ccc2N2CCCC2)C1. The van der Waals surface area contributed by atoms with Crippen molar-refractivity contribution in [1.29, 1.82) is 0 Å². The van der Waals surface area contributed by atoms with Gasteiger partial charge in [-0.25, -0.2) is 8.42 Å². The summed E-state index contributed by atoms with van der Waals surface area (Å²) in [4.78, 5) is 18.0. The molecule has 3 heterocycles. The lowest BCUT2D eigenvalue weighted by molar-refractivity contribution is 0.0623. The number of nitrogens with zero attached hydrogens (tertiary/aromatic N) is 3. The summed E-state index contributed by atoms with van der Waals surface area (Å²) in [5.74, 6) is 0.910. The van der Waals surface area contributed by atoms with Crippen LogP contribution in [0.1, 0.15) is 62.7 Å². The predicted molar refractivity (Wildman–Crippen MR) is 119 cm³/mol. The second kappa shape index (κ2) is 8.87. The molecule has 166 valence electrons. The number of anilines is 1. The van der Waals surface area contributed by atoms with Gasteiger partial charge in [0.25, 0.3) is 5.91 Å². The molecule has 0 bridgehead atoms. The zero-order chi connectivity index (χ0) is 21.3. The largest absolute Gasteiger partial charge is 0.371 e. The zero-order valence-electron chi connectivity index (χ0n) is 18.3. The van der Waals surface area contributed by atoms with Crippen LogP contribution >= 0.6 is 0 Å². The van der Waals surface area contributed by atoms with E-state index >= 15 is 0 Å². The van der Waals surface area contributed by atoms with Crippen molar-refractivity contribution in [1.82, 2.24) is 9.21 Å². The topological polar surface area (TPSA) is 60.9 Å². The molecule has 1 aromatic carbocycles. The van der Waals surface area contributed by atoms with Gasteiger partial charge in [-0.2, -0.15) is 4.31 Å². The number of amides is 1. The third-order valence-electron chi connectivity index (χ3n) is 6.75. The van der Waals surface area contributed by atoms with E-state index < -0.39 is 10.0 Å². The first-order valence-electron chi connectivity index (χ1n) is 11.5. The Balaban J connectivity index is 1.70. The first-order chi connectivity index (χ1) is 14.4. The molecular formula is C23H35N3O3S. The van der Waals surface area contributed by atoms with Gasteiger partial charge in [-0.3, -0.25) is 4.79 Å². The molecule has 0 aliphatic carbocycles. The van der Waals surface area contributed by atoms with Crippen molar-refractivity contribution in [3.05, 3.63) is 23.8 Å². The first kappa shape index (κ1) is 21.6. The second-order valence-electron chi connectivity index (χ2n) is 9.49. The highest BCUT2D eigenvalue weighted by atomic mass is 32.2. The monoisotopic (exact) mass is 433 g/mol. The maximum Gasteiger partial charge on any atom is 0.256 e. The predicted octanol–water partition coefficient (Wildman–Crippen LogP) is 3.58. The van der Waals surface area contributed by atoms with Crippen molar-refractivity contribution in [3.63, 3.8) is 0 Å². The first-order valence-corrected chi connectivity index (χ1v) is 13.0. The molecule has 3 aliphatic heterocycles. The number of benzene rings is 1. The van der Waals surface area contributed by atoms with Crippen LogP contribution in [0.5, 0.6) is 0 Å². The molecular weight excluding hydrogens is 398 g/mol. The summed E-state index contributed by atoms with van der Waals surface area (Å²) >= 11 is 0. The highest BCUT2D eigenvalue weighted by molar-refractivity contribution is 7.89. The number of likely N-dealkylation sites (tertiary alicyclic amines) is 1. The van der Waals surface area contributed by atoms with Crippen molar-refractivity contribution in [3.8, 4) is 0 Å². The number of piperidine rings is 2. The molecule has 3 saturated heterocycles. The maximum absolute atomic E-state index is 13.6. The van der Waals surface area contributed by atoms with Crippen molar-refractivity contribution in [2.75, 3.05) is 44.2 Å². The minimum atomic E-state index is -3.57. The van der Waals surface area contributed by atoms with Crippen LogP contribution in [0.4, 0.5) is 5.69 Å². The van der Waals surface area contributed by atoms with Crippen LogP contribution in [0, 0.1) is 11.8 Å². The van der Waals surface area contributed by atoms with Gasteiger partial charge in [-0.05, 0) is 62.1 Å². The molecule has 0 N–H and O–H groups in total. The van der Waals surface area contributed by atoms with Gasteiger partial charge in [0.15, 0.2) is 0 Å². The van der Waals surface area contributed by atoms with Gasteiger partial charge >= 0.3 is 0 Å². The number of carbonyl (C=O) groups is 1. The summed E-state index contributed by atoms with van der Waals surface area (Å²) in [6.07, 6.45) is 6.24. The van der Waals surface area contributed by atoms with E-state index in [2.05, 4.69) is 18.7 Å². The van der Waals surface area contributed by atoms with Crippen LogP contribution in [0.25, 0.3) is 0 Å². The zero-order valence-corrected chi connectivity index (χ0v) is 19.2. The Kier molecular flexibility index (Phi) is 6.39. The van der Waals surface area contributed by atoms with E-state index in [0.717, 1.165) is 70.4 Å². The Morgan fingerprint density at radius 2 is 1.50 bits per heavy atom. The van der Waals surface area contributed by atoms with Crippen LogP contribution < -0.4 is 4.90 Å². The van der Waals surface area contributed by atoms with Gasteiger partial charge in [-0.1, -0.05) is 20.3 Å². The molecule has 0 spiro atoms. The molecule has 1 aromatic rings. The summed E-state index contributed by atoms with van der Waals surface area (Å²) < 4.78 is 28.1. The number of sulfonamides is 1. The van der Waals surface area contributed by atoms with E-state index in [1.807, 2.05) is 11.0 Å². The Morgan fingerprint density at radius 1 is 0.900 bits per heavy atom. The smallest absolute Gasteiger partial charge is 0.256 e. The fourth-order valence-corrected chi connectivity index (χ4v) is 6.88. The fourth-order valence-electron chi connectivity index (χ4n) is 5.33. The number of hydrogen-bond acceptors (Lipinski definition) is 4. The van der Waals surface area contributed by atoms with E-state index in [1.54, 1.807) is 16.4 Å². The normalized spacial score (nSPS) is 26.2. The molecule has 0 saturated carbocycles. The van der Waals surface area contributed by atoms with Crippen molar-refractivity contribution < 1.29 is 13.2 Å². The Bertz CT molecular complexity index is 864. The molecule has 4 rings (SSSR count). The van der Waals surface area contributed by atoms with Crippen molar-refractivity contribution in [2.45, 2.75) is 57.3 Å². The second-order valence-corrected chi connectivity index (χ2v) is 11.4. The maximum atomic E-state index is 13.6. The van der Waals surface area contributed by atoms with Crippen molar-refractivity contribution >= 4 is 21.6 Å². The van der Waals surface area contributed by atoms with Crippen LogP contribution in [0.15, 0.2) is 23.1 Å². The summed E-state index contributed by atoms with van der Waals surface area (Å²) in [6.45, 7) is 8.85. The summed E-state index contributed by atoms with van der Waals surface area (Å²) in [5.41, 5.74) is 1.44. The molecule has 30 heavy (non-hydrogen) atoms. The Morgan fingerprint density at radius 3 is 2.13 bits per heavy atom. The van der Waals surface area contributed by atoms with Gasteiger partial charge in [0.1, 0.15) is 0 Å². The highest BCUT2D eigenvalue weighted by Gasteiger charge is 2.32. The molecule has 0 radical (unpaired) electrons. The molecule has 3 fully saturated rings. The van der Waals surface area contributed by atoms with E-state index in [0.29, 0.717) is 30.5 Å². The molecule has 6 nitrogen and oxygen atoms in total. The van der Waals surface area contributed by atoms with Gasteiger partial charge in [0, 0.05) is 45.0 Å². The Hall–Kier alpha value is -1.60. The van der Waals surface area contributed by atoms with E-state index in [1.165, 1.54) is 0 Å². The Labute approximate surface area is 181 Å². The fraction of sp³-hybridized carbons (Fsp3) is 0.696. The lowest BCUT2D eigenvalue weighted by Crippen LogP contribution is -2.43. The van der Waals surface area contributed by atoms with Gasteiger partial charge < -0.3 is 9.80 Å². The average Bonchev–Trinajstić information content (AvgIpc) is 3.27. The lowest BCUT2D eigenvalue weighted by atomic mass is 9.91. The standard InChI is InChI=1S/C23H35N3O3S/c1-18-14-19(2)17-25(16-18)23(27)21-15-20(8-9-22(21)24-10-6-7-11-24)30(28,29)26-12-4-3-5-13-26/h8-9,15,18-19H,3-7,10-14,16-17H2,1-2H3. The minimum absolute atomic E-state index is 0.0222. The summed E-state index contributed by atoms with van der Waals surface area (Å²) in [5, 5.41) is 0. The minimum Gasteiger partial charge on any atom is -0.371 e. The van der Waals surface area contributed by atoms with Gasteiger partial charge in [-0.15, -0.1) is 0 Å². The van der Waals surface area contributed by atoms with Crippen LogP contribution in [-0.4, -0.2) is 62.8 Å². The molecule has 2 unspecified atom stereocenters.